The summed E-state index contributed by atoms with van der Waals surface area (Å²) in [4.78, 5) is 27.1. The van der Waals surface area contributed by atoms with Gasteiger partial charge in [-0.2, -0.15) is 0 Å². The number of aryl methyl sites for hydroxylation is 2. The molecule has 2 aromatic heterocycles. The van der Waals surface area contributed by atoms with Crippen LogP contribution in [-0.2, 0) is 6.42 Å². The number of carboxylic acids is 1. The molecule has 2 heterocycles. The molecule has 0 radical (unpaired) electrons. The second-order valence-electron chi connectivity index (χ2n) is 5.13. The van der Waals surface area contributed by atoms with Gasteiger partial charge in [0.25, 0.3) is 5.91 Å². The molecule has 6 heteroatoms. The topological polar surface area (TPSA) is 92.4 Å². The molecule has 0 fully saturated rings. The van der Waals surface area contributed by atoms with E-state index < -0.39 is 5.97 Å². The lowest BCUT2D eigenvalue weighted by atomic mass is 10.1. The Morgan fingerprint density at radius 3 is 2.73 bits per heavy atom. The molecular formula is C16H18N2O4. The first-order valence-electron chi connectivity index (χ1n) is 7.01. The van der Waals surface area contributed by atoms with Crippen molar-refractivity contribution >= 4 is 11.9 Å². The highest BCUT2D eigenvalue weighted by Crippen LogP contribution is 2.09. The number of pyridine rings is 1. The van der Waals surface area contributed by atoms with Gasteiger partial charge < -0.3 is 14.8 Å². The Labute approximate surface area is 128 Å². The number of carbonyl (C=O) groups is 2. The van der Waals surface area contributed by atoms with E-state index in [-0.39, 0.29) is 23.2 Å². The highest BCUT2D eigenvalue weighted by atomic mass is 16.4. The average molecular weight is 302 g/mol. The molecule has 0 bridgehead atoms. The zero-order valence-corrected chi connectivity index (χ0v) is 12.5. The quantitative estimate of drug-likeness (QED) is 0.855. The van der Waals surface area contributed by atoms with Crippen LogP contribution in [0, 0.1) is 6.92 Å². The minimum atomic E-state index is -1.05. The molecule has 0 aliphatic rings. The van der Waals surface area contributed by atoms with Crippen LogP contribution in [0.3, 0.4) is 0 Å². The number of aromatic carboxylic acids is 1. The summed E-state index contributed by atoms with van der Waals surface area (Å²) >= 11 is 0. The minimum Gasteiger partial charge on any atom is -0.478 e. The van der Waals surface area contributed by atoms with Crippen LogP contribution in [0.1, 0.15) is 45.6 Å². The highest BCUT2D eigenvalue weighted by molar-refractivity contribution is 5.94. The lowest BCUT2D eigenvalue weighted by Crippen LogP contribution is -2.33. The molecule has 2 N–H and O–H groups in total. The molecule has 0 saturated heterocycles. The molecule has 2 aromatic rings. The van der Waals surface area contributed by atoms with E-state index in [0.29, 0.717) is 5.69 Å². The first-order chi connectivity index (χ1) is 10.5. The zero-order chi connectivity index (χ0) is 16.1. The number of furan rings is 1. The van der Waals surface area contributed by atoms with Crippen LogP contribution in [0.25, 0.3) is 0 Å². The van der Waals surface area contributed by atoms with Crippen LogP contribution < -0.4 is 5.32 Å². The third-order valence-electron chi connectivity index (χ3n) is 3.33. The van der Waals surface area contributed by atoms with Gasteiger partial charge in [-0.3, -0.25) is 4.79 Å². The minimum absolute atomic E-state index is 0.0427. The molecule has 1 amide bonds. The maximum Gasteiger partial charge on any atom is 0.337 e. The van der Waals surface area contributed by atoms with Crippen molar-refractivity contribution in [1.29, 1.82) is 0 Å². The van der Waals surface area contributed by atoms with E-state index in [9.17, 15) is 9.59 Å². The van der Waals surface area contributed by atoms with Gasteiger partial charge in [0.05, 0.1) is 17.5 Å². The van der Waals surface area contributed by atoms with Crippen molar-refractivity contribution in [3.05, 3.63) is 53.2 Å². The van der Waals surface area contributed by atoms with E-state index in [1.54, 1.807) is 13.2 Å². The maximum atomic E-state index is 12.1. The largest absolute Gasteiger partial charge is 0.478 e. The lowest BCUT2D eigenvalue weighted by Gasteiger charge is -2.13. The second kappa shape index (κ2) is 6.89. The van der Waals surface area contributed by atoms with Gasteiger partial charge in [0.1, 0.15) is 11.5 Å². The lowest BCUT2D eigenvalue weighted by molar-refractivity contribution is 0.0694. The third-order valence-corrected chi connectivity index (χ3v) is 3.33. The normalized spacial score (nSPS) is 11.9. The van der Waals surface area contributed by atoms with E-state index in [2.05, 4.69) is 10.3 Å². The maximum absolute atomic E-state index is 12.1. The van der Waals surface area contributed by atoms with E-state index >= 15 is 0 Å². The monoisotopic (exact) mass is 302 g/mol. The number of nitrogens with one attached hydrogen (secondary N) is 1. The zero-order valence-electron chi connectivity index (χ0n) is 12.5. The Kier molecular flexibility index (Phi) is 4.93. The standard InChI is InChI=1S/C16H18N2O4/c1-10(5-6-12-4-3-9-22-12)17-15(19)14-8-7-13(16(20)21)11(2)18-14/h3-4,7-10H,5-6H2,1-2H3,(H,17,19)(H,20,21). The van der Waals surface area contributed by atoms with E-state index in [1.807, 2.05) is 19.1 Å². The summed E-state index contributed by atoms with van der Waals surface area (Å²) in [6.45, 7) is 3.47. The fourth-order valence-electron chi connectivity index (χ4n) is 2.10. The Morgan fingerprint density at radius 1 is 1.36 bits per heavy atom. The van der Waals surface area contributed by atoms with E-state index in [0.717, 1.165) is 18.6 Å². The molecule has 0 saturated carbocycles. The smallest absolute Gasteiger partial charge is 0.337 e. The van der Waals surface area contributed by atoms with Crippen molar-refractivity contribution in [2.75, 3.05) is 0 Å². The number of carbonyl (C=O) groups excluding carboxylic acids is 1. The highest BCUT2D eigenvalue weighted by Gasteiger charge is 2.15. The van der Waals surface area contributed by atoms with Crippen LogP contribution in [0.2, 0.25) is 0 Å². The number of hydrogen-bond donors (Lipinski definition) is 2. The van der Waals surface area contributed by atoms with Gasteiger partial charge in [0.2, 0.25) is 0 Å². The molecule has 6 nitrogen and oxygen atoms in total. The molecule has 116 valence electrons. The van der Waals surface area contributed by atoms with Gasteiger partial charge in [0.15, 0.2) is 0 Å². The molecular weight excluding hydrogens is 284 g/mol. The summed E-state index contributed by atoms with van der Waals surface area (Å²) in [5.41, 5.74) is 0.637. The van der Waals surface area contributed by atoms with Crippen LogP contribution >= 0.6 is 0 Å². The van der Waals surface area contributed by atoms with Gasteiger partial charge in [-0.05, 0) is 44.5 Å². The summed E-state index contributed by atoms with van der Waals surface area (Å²) in [6.07, 6.45) is 3.10. The Hall–Kier alpha value is -2.63. The number of amides is 1. The van der Waals surface area contributed by atoms with Crippen molar-refractivity contribution in [2.24, 2.45) is 0 Å². The van der Waals surface area contributed by atoms with Crippen molar-refractivity contribution < 1.29 is 19.1 Å². The molecule has 1 unspecified atom stereocenters. The first kappa shape index (κ1) is 15.8. The second-order valence-corrected chi connectivity index (χ2v) is 5.13. The van der Waals surface area contributed by atoms with Crippen LogP contribution in [0.5, 0.6) is 0 Å². The molecule has 0 aromatic carbocycles. The molecule has 0 spiro atoms. The first-order valence-corrected chi connectivity index (χ1v) is 7.01. The average Bonchev–Trinajstić information content (AvgIpc) is 2.97. The predicted molar refractivity (Wildman–Crippen MR) is 79.9 cm³/mol. The third kappa shape index (κ3) is 3.94. The van der Waals surface area contributed by atoms with Crippen molar-refractivity contribution in [1.82, 2.24) is 10.3 Å². The molecule has 1 atom stereocenters. The van der Waals surface area contributed by atoms with E-state index in [4.69, 9.17) is 9.52 Å². The number of rotatable bonds is 6. The summed E-state index contributed by atoms with van der Waals surface area (Å²) < 4.78 is 5.24. The van der Waals surface area contributed by atoms with Gasteiger partial charge in [-0.15, -0.1) is 0 Å². The van der Waals surface area contributed by atoms with Gasteiger partial charge in [-0.1, -0.05) is 0 Å². The molecule has 0 aliphatic carbocycles. The number of aromatic nitrogens is 1. The fourth-order valence-corrected chi connectivity index (χ4v) is 2.10. The van der Waals surface area contributed by atoms with Gasteiger partial charge in [0, 0.05) is 12.5 Å². The predicted octanol–water partition coefficient (Wildman–Crippen LogP) is 2.43. The van der Waals surface area contributed by atoms with Crippen LogP contribution in [0.15, 0.2) is 34.9 Å². The Morgan fingerprint density at radius 2 is 2.14 bits per heavy atom. The van der Waals surface area contributed by atoms with Crippen molar-refractivity contribution in [2.45, 2.75) is 32.7 Å². The van der Waals surface area contributed by atoms with Crippen molar-refractivity contribution in [3.63, 3.8) is 0 Å². The SMILES string of the molecule is Cc1nc(C(=O)NC(C)CCc2ccco2)ccc1C(=O)O. The van der Waals surface area contributed by atoms with Crippen molar-refractivity contribution in [3.8, 4) is 0 Å². The molecule has 2 rings (SSSR count). The number of nitrogens with zero attached hydrogens (tertiary/aromatic N) is 1. The number of hydrogen-bond acceptors (Lipinski definition) is 4. The van der Waals surface area contributed by atoms with Crippen LogP contribution in [0.4, 0.5) is 0 Å². The Balaban J connectivity index is 1.93. The van der Waals surface area contributed by atoms with Gasteiger partial charge in [-0.25, -0.2) is 9.78 Å². The summed E-state index contributed by atoms with van der Waals surface area (Å²) in [5, 5.41) is 11.8. The fraction of sp³-hybridized carbons (Fsp3) is 0.312. The van der Waals surface area contributed by atoms with Crippen LogP contribution in [-0.4, -0.2) is 28.0 Å². The number of carboxylic acid groups (broad SMARTS) is 1. The molecule has 22 heavy (non-hydrogen) atoms. The summed E-state index contributed by atoms with van der Waals surface area (Å²) in [5.74, 6) is -0.489. The summed E-state index contributed by atoms with van der Waals surface area (Å²) in [7, 11) is 0. The Bertz CT molecular complexity index is 665. The van der Waals surface area contributed by atoms with Gasteiger partial charge >= 0.3 is 5.97 Å². The van der Waals surface area contributed by atoms with E-state index in [1.165, 1.54) is 12.1 Å². The molecule has 0 aliphatic heterocycles. The summed E-state index contributed by atoms with van der Waals surface area (Å²) in [6, 6.07) is 6.50.